The minimum Gasteiger partial charge on any atom is -0.481 e. The number of carbonyl (C=O) groups is 3. The molecule has 2 N–H and O–H groups in total. The molecule has 0 aliphatic heterocycles. The maximum Gasteiger partial charge on any atom is 0.344 e. The van der Waals surface area contributed by atoms with E-state index in [9.17, 15) is 14.4 Å². The van der Waals surface area contributed by atoms with Crippen molar-refractivity contribution in [2.24, 2.45) is 5.73 Å². The molecule has 1 aromatic carbocycles. The van der Waals surface area contributed by atoms with Gasteiger partial charge in [-0.2, -0.15) is 0 Å². The van der Waals surface area contributed by atoms with Crippen LogP contribution in [0.3, 0.4) is 0 Å². The molecule has 2 rings (SSSR count). The lowest BCUT2D eigenvalue weighted by Crippen LogP contribution is -2.27. The Morgan fingerprint density at radius 2 is 1.93 bits per heavy atom. The minimum absolute atomic E-state index is 0.166. The summed E-state index contributed by atoms with van der Waals surface area (Å²) in [4.78, 5) is 35.9. The molecule has 0 fully saturated rings. The smallest absolute Gasteiger partial charge is 0.344 e. The molecule has 1 amide bonds. The monoisotopic (exact) mass is 372 g/mol. The molecule has 7 heteroatoms. The van der Waals surface area contributed by atoms with Crippen LogP contribution in [0.5, 0.6) is 5.75 Å². The molecule has 0 bridgehead atoms. The van der Waals surface area contributed by atoms with Gasteiger partial charge in [0.1, 0.15) is 11.4 Å². The highest BCUT2D eigenvalue weighted by molar-refractivity contribution is 6.45. The highest BCUT2D eigenvalue weighted by Gasteiger charge is 2.26. The molecule has 1 aromatic heterocycles. The van der Waals surface area contributed by atoms with Crippen molar-refractivity contribution in [3.8, 4) is 5.75 Å². The average Bonchev–Trinajstić information content (AvgIpc) is 2.84. The quantitative estimate of drug-likeness (QED) is 0.348. The van der Waals surface area contributed by atoms with E-state index in [1.54, 1.807) is 52.0 Å². The third-order valence-electron chi connectivity index (χ3n) is 3.84. The highest BCUT2D eigenvalue weighted by Crippen LogP contribution is 2.34. The second-order valence-corrected chi connectivity index (χ2v) is 7.08. The number of hydrogen-bond acceptors (Lipinski definition) is 5. The van der Waals surface area contributed by atoms with Crippen LogP contribution < -0.4 is 10.5 Å². The van der Waals surface area contributed by atoms with Crippen LogP contribution in [0.25, 0.3) is 10.9 Å². The summed E-state index contributed by atoms with van der Waals surface area (Å²) < 4.78 is 12.7. The molecule has 0 aliphatic rings. The number of ether oxygens (including phenoxy) is 2. The molecule has 7 nitrogen and oxygen atoms in total. The third-order valence-corrected chi connectivity index (χ3v) is 3.84. The van der Waals surface area contributed by atoms with Crippen LogP contribution in [-0.4, -0.2) is 34.4 Å². The molecule has 1 heterocycles. The van der Waals surface area contributed by atoms with Gasteiger partial charge in [0.25, 0.3) is 11.7 Å². The summed E-state index contributed by atoms with van der Waals surface area (Å²) in [7, 11) is 0. The van der Waals surface area contributed by atoms with Gasteiger partial charge in [-0.25, -0.2) is 4.79 Å². The Hall–Kier alpha value is -3.09. The Bertz CT molecular complexity index is 919. The molecule has 0 atom stereocenters. The summed E-state index contributed by atoms with van der Waals surface area (Å²) in [6.07, 6.45) is 1.68. The van der Waals surface area contributed by atoms with Crippen LogP contribution >= 0.6 is 0 Å². The third kappa shape index (κ3) is 4.36. The van der Waals surface area contributed by atoms with Crippen LogP contribution in [0.15, 0.2) is 30.9 Å². The molecule has 144 valence electrons. The first-order valence-electron chi connectivity index (χ1n) is 8.48. The summed E-state index contributed by atoms with van der Waals surface area (Å²) >= 11 is 0. The van der Waals surface area contributed by atoms with Crippen molar-refractivity contribution in [3.05, 3.63) is 42.1 Å². The second-order valence-electron chi connectivity index (χ2n) is 7.08. The second kappa shape index (κ2) is 7.65. The number of hydrogen-bond donors (Lipinski definition) is 1. The SMILES string of the molecule is C=CCn1c(C)c(C(=O)C(N)=O)c2c(OCC(=O)OC(C)(C)C)cccc21. The molecule has 0 radical (unpaired) electrons. The lowest BCUT2D eigenvalue weighted by atomic mass is 10.1. The Morgan fingerprint density at radius 1 is 1.26 bits per heavy atom. The standard InChI is InChI=1S/C20H24N2O5/c1-6-10-22-12(2)16(18(24)19(21)25)17-13(22)8-7-9-14(17)26-11-15(23)27-20(3,4)5/h6-9H,1,10-11H2,2-5H3,(H2,21,25). The summed E-state index contributed by atoms with van der Waals surface area (Å²) in [5.41, 5.74) is 6.00. The molecule has 2 aromatic rings. The zero-order valence-electron chi connectivity index (χ0n) is 16.0. The van der Waals surface area contributed by atoms with Gasteiger partial charge in [-0.1, -0.05) is 12.1 Å². The van der Waals surface area contributed by atoms with Gasteiger partial charge in [0.15, 0.2) is 6.61 Å². The first-order chi connectivity index (χ1) is 12.6. The van der Waals surface area contributed by atoms with Gasteiger partial charge in [0.05, 0.1) is 16.5 Å². The van der Waals surface area contributed by atoms with E-state index in [0.29, 0.717) is 28.9 Å². The van der Waals surface area contributed by atoms with Gasteiger partial charge in [0.2, 0.25) is 0 Å². The van der Waals surface area contributed by atoms with Crippen molar-refractivity contribution in [1.29, 1.82) is 0 Å². The lowest BCUT2D eigenvalue weighted by Gasteiger charge is -2.19. The largest absolute Gasteiger partial charge is 0.481 e. The van der Waals surface area contributed by atoms with Crippen LogP contribution in [0.4, 0.5) is 0 Å². The van der Waals surface area contributed by atoms with Gasteiger partial charge in [-0.15, -0.1) is 6.58 Å². The first kappa shape index (κ1) is 20.2. The van der Waals surface area contributed by atoms with Crippen molar-refractivity contribution in [1.82, 2.24) is 4.57 Å². The summed E-state index contributed by atoms with van der Waals surface area (Å²) in [5.74, 6) is -2.11. The number of primary amides is 1. The summed E-state index contributed by atoms with van der Waals surface area (Å²) in [6.45, 7) is 10.8. The van der Waals surface area contributed by atoms with Crippen LogP contribution in [-0.2, 0) is 20.9 Å². The molecular formula is C20H24N2O5. The molecular weight excluding hydrogens is 348 g/mol. The highest BCUT2D eigenvalue weighted by atomic mass is 16.6. The number of amides is 1. The fourth-order valence-corrected chi connectivity index (χ4v) is 2.89. The summed E-state index contributed by atoms with van der Waals surface area (Å²) in [5, 5.41) is 0.434. The van der Waals surface area contributed by atoms with Crippen molar-refractivity contribution in [2.45, 2.75) is 39.8 Å². The van der Waals surface area contributed by atoms with E-state index < -0.39 is 23.3 Å². The molecule has 0 aliphatic carbocycles. The number of nitrogens with two attached hydrogens (primary N) is 1. The van der Waals surface area contributed by atoms with E-state index in [1.807, 2.05) is 4.57 Å². The molecule has 0 spiro atoms. The topological polar surface area (TPSA) is 101 Å². The van der Waals surface area contributed by atoms with E-state index in [1.165, 1.54) is 0 Å². The van der Waals surface area contributed by atoms with E-state index in [-0.39, 0.29) is 12.2 Å². The van der Waals surface area contributed by atoms with Gasteiger partial charge >= 0.3 is 5.97 Å². The Morgan fingerprint density at radius 3 is 2.48 bits per heavy atom. The van der Waals surface area contributed by atoms with E-state index in [0.717, 1.165) is 0 Å². The van der Waals surface area contributed by atoms with Gasteiger partial charge in [-0.05, 0) is 39.8 Å². The number of Topliss-reactive ketones (excluding diaryl/α,β-unsaturated/α-hetero) is 1. The minimum atomic E-state index is -1.06. The molecule has 0 saturated carbocycles. The predicted molar refractivity (Wildman–Crippen MR) is 102 cm³/mol. The van der Waals surface area contributed by atoms with Gasteiger partial charge < -0.3 is 19.8 Å². The number of ketones is 1. The first-order valence-corrected chi connectivity index (χ1v) is 8.48. The maximum atomic E-state index is 12.4. The van der Waals surface area contributed by atoms with Gasteiger partial charge in [-0.3, -0.25) is 9.59 Å². The molecule has 0 saturated heterocycles. The Labute approximate surface area is 157 Å². The van der Waals surface area contributed by atoms with E-state index in [4.69, 9.17) is 15.2 Å². The number of fused-ring (bicyclic) bond motifs is 1. The normalized spacial score (nSPS) is 11.3. The fourth-order valence-electron chi connectivity index (χ4n) is 2.89. The zero-order chi connectivity index (χ0) is 20.4. The zero-order valence-corrected chi connectivity index (χ0v) is 16.0. The van der Waals surface area contributed by atoms with Crippen molar-refractivity contribution >= 4 is 28.6 Å². The number of benzene rings is 1. The molecule has 27 heavy (non-hydrogen) atoms. The van der Waals surface area contributed by atoms with Gasteiger partial charge in [0, 0.05) is 12.2 Å². The van der Waals surface area contributed by atoms with Crippen molar-refractivity contribution in [2.75, 3.05) is 6.61 Å². The number of allylic oxidation sites excluding steroid dienone is 1. The fraction of sp³-hybridized carbons (Fsp3) is 0.350. The van der Waals surface area contributed by atoms with Crippen LogP contribution in [0.1, 0.15) is 36.8 Å². The summed E-state index contributed by atoms with van der Waals surface area (Å²) in [6, 6.07) is 5.16. The van der Waals surface area contributed by atoms with Crippen LogP contribution in [0.2, 0.25) is 0 Å². The average molecular weight is 372 g/mol. The Kier molecular flexibility index (Phi) is 5.73. The maximum absolute atomic E-state index is 12.4. The Balaban J connectivity index is 2.53. The van der Waals surface area contributed by atoms with E-state index >= 15 is 0 Å². The predicted octanol–water partition coefficient (Wildman–Crippen LogP) is 2.52. The molecule has 0 unspecified atom stereocenters. The van der Waals surface area contributed by atoms with E-state index in [2.05, 4.69) is 6.58 Å². The lowest BCUT2D eigenvalue weighted by molar-refractivity contribution is -0.157. The number of rotatable bonds is 7. The van der Waals surface area contributed by atoms with Crippen LogP contribution in [0, 0.1) is 6.92 Å². The van der Waals surface area contributed by atoms with Crippen molar-refractivity contribution in [3.63, 3.8) is 0 Å². The number of carbonyl (C=O) groups excluding carboxylic acids is 3. The number of esters is 1. The number of nitrogens with zero attached hydrogens (tertiary/aromatic N) is 1. The van der Waals surface area contributed by atoms with Crippen molar-refractivity contribution < 1.29 is 23.9 Å². The number of aromatic nitrogens is 1.